The normalized spacial score (nSPS) is 25.0. The molecule has 134 valence electrons. The first-order chi connectivity index (χ1) is 11.5. The SMILES string of the molecule is CC1CCCN(S(=O)(=O)NC2CCN(Cc3ccccc3)CC2)C1. The Labute approximate surface area is 146 Å². The lowest BCUT2D eigenvalue weighted by atomic mass is 10.0. The summed E-state index contributed by atoms with van der Waals surface area (Å²) >= 11 is 0. The summed E-state index contributed by atoms with van der Waals surface area (Å²) in [5.41, 5.74) is 1.32. The van der Waals surface area contributed by atoms with Crippen molar-refractivity contribution in [1.82, 2.24) is 13.9 Å². The molecule has 24 heavy (non-hydrogen) atoms. The summed E-state index contributed by atoms with van der Waals surface area (Å²) in [4.78, 5) is 2.41. The molecule has 2 aliphatic heterocycles. The zero-order valence-corrected chi connectivity index (χ0v) is 15.3. The van der Waals surface area contributed by atoms with Gasteiger partial charge in [0, 0.05) is 38.8 Å². The summed E-state index contributed by atoms with van der Waals surface area (Å²) in [6.07, 6.45) is 3.87. The summed E-state index contributed by atoms with van der Waals surface area (Å²) < 4.78 is 29.7. The Balaban J connectivity index is 1.48. The van der Waals surface area contributed by atoms with E-state index in [0.717, 1.165) is 45.3 Å². The minimum absolute atomic E-state index is 0.0688. The van der Waals surface area contributed by atoms with Gasteiger partial charge >= 0.3 is 0 Å². The highest BCUT2D eigenvalue weighted by molar-refractivity contribution is 7.87. The van der Waals surface area contributed by atoms with Gasteiger partial charge in [-0.2, -0.15) is 17.4 Å². The average Bonchev–Trinajstić information content (AvgIpc) is 2.57. The van der Waals surface area contributed by atoms with Gasteiger partial charge in [0.05, 0.1) is 0 Å². The molecule has 2 aliphatic rings. The van der Waals surface area contributed by atoms with Crippen molar-refractivity contribution in [1.29, 1.82) is 0 Å². The maximum Gasteiger partial charge on any atom is 0.279 e. The molecular weight excluding hydrogens is 322 g/mol. The number of nitrogens with zero attached hydrogens (tertiary/aromatic N) is 2. The van der Waals surface area contributed by atoms with Gasteiger partial charge in [-0.15, -0.1) is 0 Å². The lowest BCUT2D eigenvalue weighted by molar-refractivity contribution is 0.197. The molecule has 0 radical (unpaired) electrons. The molecule has 2 heterocycles. The first-order valence-corrected chi connectivity index (χ1v) is 10.5. The van der Waals surface area contributed by atoms with E-state index in [1.165, 1.54) is 5.56 Å². The van der Waals surface area contributed by atoms with Crippen LogP contribution in [0.25, 0.3) is 0 Å². The van der Waals surface area contributed by atoms with Gasteiger partial charge in [-0.1, -0.05) is 37.3 Å². The van der Waals surface area contributed by atoms with Crippen molar-refractivity contribution < 1.29 is 8.42 Å². The van der Waals surface area contributed by atoms with E-state index in [2.05, 4.69) is 40.8 Å². The van der Waals surface area contributed by atoms with Gasteiger partial charge in [0.25, 0.3) is 10.2 Å². The van der Waals surface area contributed by atoms with Crippen molar-refractivity contribution in [2.45, 2.75) is 45.2 Å². The predicted molar refractivity (Wildman–Crippen MR) is 96.8 cm³/mol. The number of hydrogen-bond acceptors (Lipinski definition) is 3. The number of rotatable bonds is 5. The van der Waals surface area contributed by atoms with Gasteiger partial charge in [-0.25, -0.2) is 0 Å². The molecule has 1 atom stereocenters. The molecule has 1 aromatic rings. The van der Waals surface area contributed by atoms with E-state index < -0.39 is 10.2 Å². The largest absolute Gasteiger partial charge is 0.299 e. The zero-order valence-electron chi connectivity index (χ0n) is 14.5. The second-order valence-electron chi connectivity index (χ2n) is 7.26. The molecule has 0 aliphatic carbocycles. The van der Waals surface area contributed by atoms with Gasteiger partial charge < -0.3 is 0 Å². The summed E-state index contributed by atoms with van der Waals surface area (Å²) in [5.74, 6) is 0.461. The van der Waals surface area contributed by atoms with Crippen LogP contribution >= 0.6 is 0 Å². The highest BCUT2D eigenvalue weighted by Crippen LogP contribution is 2.20. The lowest BCUT2D eigenvalue weighted by Gasteiger charge is -2.35. The summed E-state index contributed by atoms with van der Waals surface area (Å²) in [7, 11) is -3.33. The average molecular weight is 352 g/mol. The first-order valence-electron chi connectivity index (χ1n) is 9.06. The third kappa shape index (κ3) is 4.79. The highest BCUT2D eigenvalue weighted by atomic mass is 32.2. The van der Waals surface area contributed by atoms with Gasteiger partial charge in [0.1, 0.15) is 0 Å². The van der Waals surface area contributed by atoms with E-state index in [1.54, 1.807) is 4.31 Å². The third-order valence-corrected chi connectivity index (χ3v) is 6.75. The number of hydrogen-bond donors (Lipinski definition) is 1. The van der Waals surface area contributed by atoms with Crippen LogP contribution in [0.3, 0.4) is 0 Å². The summed E-state index contributed by atoms with van der Waals surface area (Å²) in [6.45, 7) is 6.28. The Bertz CT molecular complexity index is 612. The second-order valence-corrected chi connectivity index (χ2v) is 8.97. The molecular formula is C18H29N3O2S. The first kappa shape index (κ1) is 17.9. The van der Waals surface area contributed by atoms with E-state index >= 15 is 0 Å². The summed E-state index contributed by atoms with van der Waals surface area (Å²) in [6, 6.07) is 10.5. The van der Waals surface area contributed by atoms with Crippen molar-refractivity contribution in [2.75, 3.05) is 26.2 Å². The van der Waals surface area contributed by atoms with Crippen LogP contribution < -0.4 is 4.72 Å². The van der Waals surface area contributed by atoms with E-state index in [4.69, 9.17) is 0 Å². The Morgan fingerprint density at radius 1 is 1.08 bits per heavy atom. The number of nitrogens with one attached hydrogen (secondary N) is 1. The Hall–Kier alpha value is -0.950. The molecule has 5 nitrogen and oxygen atoms in total. The number of likely N-dealkylation sites (tertiary alicyclic amines) is 1. The Kier molecular flexibility index (Phi) is 5.92. The topological polar surface area (TPSA) is 52.7 Å². The monoisotopic (exact) mass is 351 g/mol. The van der Waals surface area contributed by atoms with Crippen molar-refractivity contribution in [3.63, 3.8) is 0 Å². The standard InChI is InChI=1S/C18H29N3O2S/c1-16-6-5-11-21(14-16)24(22,23)19-18-9-12-20(13-10-18)15-17-7-3-2-4-8-17/h2-4,7-8,16,18-19H,5-6,9-15H2,1H3. The van der Waals surface area contributed by atoms with Crippen molar-refractivity contribution in [3.05, 3.63) is 35.9 Å². The van der Waals surface area contributed by atoms with Crippen LogP contribution in [0.1, 0.15) is 38.2 Å². The van der Waals surface area contributed by atoms with Crippen LogP contribution in [-0.4, -0.2) is 49.8 Å². The molecule has 0 spiro atoms. The fourth-order valence-electron chi connectivity index (χ4n) is 3.70. The number of benzene rings is 1. The van der Waals surface area contributed by atoms with Crippen LogP contribution in [0.15, 0.2) is 30.3 Å². The molecule has 6 heteroatoms. The Morgan fingerprint density at radius 3 is 2.46 bits per heavy atom. The molecule has 0 saturated carbocycles. The van der Waals surface area contributed by atoms with Crippen LogP contribution in [-0.2, 0) is 16.8 Å². The molecule has 1 unspecified atom stereocenters. The van der Waals surface area contributed by atoms with Crippen LogP contribution in [0.2, 0.25) is 0 Å². The summed E-state index contributed by atoms with van der Waals surface area (Å²) in [5, 5.41) is 0. The fraction of sp³-hybridized carbons (Fsp3) is 0.667. The minimum atomic E-state index is -3.33. The maximum absolute atomic E-state index is 12.6. The zero-order chi connectivity index (χ0) is 17.0. The van der Waals surface area contributed by atoms with Crippen molar-refractivity contribution >= 4 is 10.2 Å². The lowest BCUT2D eigenvalue weighted by Crippen LogP contribution is -2.51. The van der Waals surface area contributed by atoms with Gasteiger partial charge in [-0.05, 0) is 37.2 Å². The highest BCUT2D eigenvalue weighted by Gasteiger charge is 2.30. The van der Waals surface area contributed by atoms with Crippen molar-refractivity contribution in [3.8, 4) is 0 Å². The molecule has 0 aromatic heterocycles. The molecule has 1 N–H and O–H groups in total. The van der Waals surface area contributed by atoms with Gasteiger partial charge in [0.2, 0.25) is 0 Å². The quantitative estimate of drug-likeness (QED) is 0.885. The molecule has 0 bridgehead atoms. The molecule has 2 saturated heterocycles. The van der Waals surface area contributed by atoms with E-state index in [1.807, 2.05) is 6.07 Å². The second kappa shape index (κ2) is 7.95. The van der Waals surface area contributed by atoms with Gasteiger partial charge in [-0.3, -0.25) is 4.90 Å². The molecule has 0 amide bonds. The smallest absolute Gasteiger partial charge is 0.279 e. The predicted octanol–water partition coefficient (Wildman–Crippen LogP) is 2.22. The molecule has 2 fully saturated rings. The Morgan fingerprint density at radius 2 is 1.79 bits per heavy atom. The van der Waals surface area contributed by atoms with E-state index in [0.29, 0.717) is 19.0 Å². The molecule has 3 rings (SSSR count). The van der Waals surface area contributed by atoms with Crippen LogP contribution in [0.5, 0.6) is 0 Å². The third-order valence-electron chi connectivity index (χ3n) is 5.11. The number of piperidine rings is 2. The van der Waals surface area contributed by atoms with Gasteiger partial charge in [0.15, 0.2) is 0 Å². The van der Waals surface area contributed by atoms with Crippen LogP contribution in [0, 0.1) is 5.92 Å². The molecule has 1 aromatic carbocycles. The van der Waals surface area contributed by atoms with E-state index in [9.17, 15) is 8.42 Å². The van der Waals surface area contributed by atoms with Crippen LogP contribution in [0.4, 0.5) is 0 Å². The fourth-order valence-corrected chi connectivity index (χ4v) is 5.33. The minimum Gasteiger partial charge on any atom is -0.299 e. The van der Waals surface area contributed by atoms with E-state index in [-0.39, 0.29) is 6.04 Å². The van der Waals surface area contributed by atoms with Crippen molar-refractivity contribution in [2.24, 2.45) is 5.92 Å². The maximum atomic E-state index is 12.6.